The summed E-state index contributed by atoms with van der Waals surface area (Å²) in [5, 5.41) is 3.20. The van der Waals surface area contributed by atoms with Gasteiger partial charge in [0.25, 0.3) is 0 Å². The van der Waals surface area contributed by atoms with Gasteiger partial charge >= 0.3 is 0 Å². The van der Waals surface area contributed by atoms with Crippen LogP contribution in [0.2, 0.25) is 0 Å². The Morgan fingerprint density at radius 1 is 1.09 bits per heavy atom. The van der Waals surface area contributed by atoms with E-state index in [0.29, 0.717) is 25.1 Å². The van der Waals surface area contributed by atoms with Gasteiger partial charge in [0.2, 0.25) is 11.8 Å². The average molecular weight is 469 g/mol. The Bertz CT molecular complexity index is 893. The van der Waals surface area contributed by atoms with Gasteiger partial charge in [0.05, 0.1) is 7.11 Å². The molecule has 1 saturated carbocycles. The lowest BCUT2D eigenvalue weighted by atomic mass is 10.1. The number of rotatable bonds is 11. The minimum absolute atomic E-state index is 0.0128. The Morgan fingerprint density at radius 2 is 1.76 bits per heavy atom. The molecule has 0 saturated heterocycles. The van der Waals surface area contributed by atoms with E-state index in [0.717, 1.165) is 41.9 Å². The molecule has 5 nitrogen and oxygen atoms in total. The Labute approximate surface area is 202 Å². The maximum Gasteiger partial charge on any atom is 0.243 e. The summed E-state index contributed by atoms with van der Waals surface area (Å²) < 4.78 is 5.26. The largest absolute Gasteiger partial charge is 0.497 e. The molecular weight excluding hydrogens is 432 g/mol. The van der Waals surface area contributed by atoms with Crippen molar-refractivity contribution in [3.8, 4) is 5.75 Å². The van der Waals surface area contributed by atoms with Crippen molar-refractivity contribution in [1.82, 2.24) is 10.2 Å². The number of methoxy groups -OCH3 is 1. The molecule has 1 aliphatic rings. The highest BCUT2D eigenvalue weighted by molar-refractivity contribution is 7.99. The van der Waals surface area contributed by atoms with Crippen LogP contribution in [-0.4, -0.2) is 41.7 Å². The first-order valence-electron chi connectivity index (χ1n) is 11.9. The van der Waals surface area contributed by atoms with Gasteiger partial charge in [0.15, 0.2) is 0 Å². The summed E-state index contributed by atoms with van der Waals surface area (Å²) in [5.74, 6) is 1.44. The van der Waals surface area contributed by atoms with Crippen LogP contribution in [-0.2, 0) is 16.1 Å². The summed E-state index contributed by atoms with van der Waals surface area (Å²) in [7, 11) is 1.64. The second kappa shape index (κ2) is 12.7. The van der Waals surface area contributed by atoms with Crippen LogP contribution >= 0.6 is 11.8 Å². The fourth-order valence-electron chi connectivity index (χ4n) is 4.25. The number of hydrogen-bond donors (Lipinski definition) is 1. The molecule has 2 amide bonds. The summed E-state index contributed by atoms with van der Waals surface area (Å²) in [6, 6.07) is 15.8. The fourth-order valence-corrected chi connectivity index (χ4v) is 5.09. The van der Waals surface area contributed by atoms with Crippen LogP contribution in [0.4, 0.5) is 0 Å². The van der Waals surface area contributed by atoms with Gasteiger partial charge in [-0.05, 0) is 56.0 Å². The predicted molar refractivity (Wildman–Crippen MR) is 135 cm³/mol. The number of hydrogen-bond acceptors (Lipinski definition) is 4. The van der Waals surface area contributed by atoms with Gasteiger partial charge in [0, 0.05) is 29.7 Å². The van der Waals surface area contributed by atoms with Gasteiger partial charge in [0.1, 0.15) is 11.8 Å². The molecule has 33 heavy (non-hydrogen) atoms. The van der Waals surface area contributed by atoms with Gasteiger partial charge in [-0.3, -0.25) is 9.59 Å². The quantitative estimate of drug-likeness (QED) is 0.452. The molecule has 0 bridgehead atoms. The monoisotopic (exact) mass is 468 g/mol. The van der Waals surface area contributed by atoms with Crippen molar-refractivity contribution in [3.05, 3.63) is 59.7 Å². The first-order valence-corrected chi connectivity index (χ1v) is 12.9. The molecule has 2 aromatic rings. The third-order valence-electron chi connectivity index (χ3n) is 6.21. The molecule has 6 heteroatoms. The van der Waals surface area contributed by atoms with Crippen LogP contribution in [0.15, 0.2) is 53.4 Å². The molecular formula is C27H36N2O3S. The van der Waals surface area contributed by atoms with Crippen molar-refractivity contribution in [2.75, 3.05) is 12.9 Å². The Morgan fingerprint density at radius 3 is 2.36 bits per heavy atom. The van der Waals surface area contributed by atoms with Crippen LogP contribution in [0, 0.1) is 6.92 Å². The SMILES string of the molecule is CC[C@H](C(=O)NC1CCCC1)N(Cc1ccc(OC)cc1)C(=O)CCSc1ccc(C)cc1. The number of nitrogens with zero attached hydrogens (tertiary/aromatic N) is 1. The zero-order valence-electron chi connectivity index (χ0n) is 20.0. The van der Waals surface area contributed by atoms with E-state index in [1.54, 1.807) is 23.8 Å². The van der Waals surface area contributed by atoms with Crippen molar-refractivity contribution in [2.45, 2.75) is 75.9 Å². The molecule has 1 atom stereocenters. The third kappa shape index (κ3) is 7.53. The number of nitrogens with one attached hydrogen (secondary N) is 1. The molecule has 1 N–H and O–H groups in total. The van der Waals surface area contributed by atoms with Crippen molar-refractivity contribution in [3.63, 3.8) is 0 Å². The molecule has 1 fully saturated rings. The van der Waals surface area contributed by atoms with Crippen molar-refractivity contribution in [1.29, 1.82) is 0 Å². The maximum absolute atomic E-state index is 13.4. The molecule has 0 aromatic heterocycles. The molecule has 0 unspecified atom stereocenters. The summed E-state index contributed by atoms with van der Waals surface area (Å²) in [5.41, 5.74) is 2.21. The smallest absolute Gasteiger partial charge is 0.243 e. The molecule has 178 valence electrons. The van der Waals surface area contributed by atoms with Gasteiger partial charge in [-0.1, -0.05) is 49.6 Å². The first kappa shape index (κ1) is 25.2. The summed E-state index contributed by atoms with van der Waals surface area (Å²) >= 11 is 1.68. The Hall–Kier alpha value is -2.47. The highest BCUT2D eigenvalue weighted by atomic mass is 32.2. The number of thioether (sulfide) groups is 1. The van der Waals surface area contributed by atoms with Gasteiger partial charge in [-0.15, -0.1) is 11.8 Å². The van der Waals surface area contributed by atoms with Crippen molar-refractivity contribution < 1.29 is 14.3 Å². The highest BCUT2D eigenvalue weighted by Gasteiger charge is 2.30. The number of carbonyl (C=O) groups excluding carboxylic acids is 2. The molecule has 0 aliphatic heterocycles. The molecule has 0 radical (unpaired) electrons. The number of ether oxygens (including phenoxy) is 1. The summed E-state index contributed by atoms with van der Waals surface area (Å²) in [6.07, 6.45) is 5.36. The Balaban J connectivity index is 1.69. The molecule has 3 rings (SSSR count). The number of carbonyl (C=O) groups is 2. The number of aryl methyl sites for hydroxylation is 1. The Kier molecular flexibility index (Phi) is 9.67. The maximum atomic E-state index is 13.4. The van der Waals surface area contributed by atoms with Crippen LogP contribution in [0.25, 0.3) is 0 Å². The predicted octanol–water partition coefficient (Wildman–Crippen LogP) is 5.35. The molecule has 0 spiro atoms. The molecule has 2 aromatic carbocycles. The second-order valence-corrected chi connectivity index (χ2v) is 9.86. The van der Waals surface area contributed by atoms with Crippen LogP contribution < -0.4 is 10.1 Å². The van der Waals surface area contributed by atoms with Crippen molar-refractivity contribution in [2.24, 2.45) is 0 Å². The topological polar surface area (TPSA) is 58.6 Å². The molecule has 0 heterocycles. The minimum Gasteiger partial charge on any atom is -0.497 e. The standard InChI is InChI=1S/C27H36N2O3S/c1-4-25(27(31)28-22-7-5-6-8-22)29(19-21-11-13-23(32-3)14-12-21)26(30)17-18-33-24-15-9-20(2)10-16-24/h9-16,22,25H,4-8,17-19H2,1-3H3,(H,28,31)/t25-/m1/s1. The van der Waals surface area contributed by atoms with Gasteiger partial charge in [-0.2, -0.15) is 0 Å². The lowest BCUT2D eigenvalue weighted by Gasteiger charge is -2.31. The molecule has 1 aliphatic carbocycles. The normalized spacial score (nSPS) is 14.6. The average Bonchev–Trinajstić information content (AvgIpc) is 3.33. The van der Waals surface area contributed by atoms with Gasteiger partial charge in [-0.25, -0.2) is 0 Å². The number of benzene rings is 2. The van der Waals surface area contributed by atoms with E-state index >= 15 is 0 Å². The van der Waals surface area contributed by atoms with E-state index in [9.17, 15) is 9.59 Å². The zero-order valence-corrected chi connectivity index (χ0v) is 20.8. The minimum atomic E-state index is -0.468. The van der Waals surface area contributed by atoms with Crippen molar-refractivity contribution >= 4 is 23.6 Å². The van der Waals surface area contributed by atoms with E-state index in [4.69, 9.17) is 4.74 Å². The van der Waals surface area contributed by atoms with E-state index < -0.39 is 6.04 Å². The van der Waals surface area contributed by atoms with E-state index in [1.807, 2.05) is 31.2 Å². The second-order valence-electron chi connectivity index (χ2n) is 8.70. The van der Waals surface area contributed by atoms with Crippen LogP contribution in [0.3, 0.4) is 0 Å². The highest BCUT2D eigenvalue weighted by Crippen LogP contribution is 2.23. The first-order chi connectivity index (χ1) is 16.0. The fraction of sp³-hybridized carbons (Fsp3) is 0.481. The summed E-state index contributed by atoms with van der Waals surface area (Å²) in [6.45, 7) is 4.46. The summed E-state index contributed by atoms with van der Waals surface area (Å²) in [4.78, 5) is 29.4. The lowest BCUT2D eigenvalue weighted by Crippen LogP contribution is -2.51. The van der Waals surface area contributed by atoms with Gasteiger partial charge < -0.3 is 15.0 Å². The zero-order chi connectivity index (χ0) is 23.6. The van der Waals surface area contributed by atoms with E-state index in [2.05, 4.69) is 36.5 Å². The lowest BCUT2D eigenvalue weighted by molar-refractivity contribution is -0.141. The van der Waals surface area contributed by atoms with E-state index in [-0.39, 0.29) is 17.9 Å². The van der Waals surface area contributed by atoms with Crippen LogP contribution in [0.1, 0.15) is 56.6 Å². The number of amides is 2. The van der Waals surface area contributed by atoms with Crippen LogP contribution in [0.5, 0.6) is 5.75 Å². The third-order valence-corrected chi connectivity index (χ3v) is 7.22. The van der Waals surface area contributed by atoms with E-state index in [1.165, 1.54) is 5.56 Å².